The Morgan fingerprint density at radius 3 is 2.36 bits per heavy atom. The molecule has 0 radical (unpaired) electrons. The van der Waals surface area contributed by atoms with Gasteiger partial charge >= 0.3 is 0 Å². The topological polar surface area (TPSA) is 0 Å². The molecular weight excluding hydrogens is 168 g/mol. The van der Waals surface area contributed by atoms with Crippen molar-refractivity contribution in [1.29, 1.82) is 0 Å². The first kappa shape index (κ1) is 10.5. The lowest BCUT2D eigenvalue weighted by Gasteiger charge is -2.13. The smallest absolute Gasteiger partial charge is 0.00497 e. The van der Waals surface area contributed by atoms with Crippen molar-refractivity contribution >= 4 is 5.57 Å². The molecule has 0 aliphatic rings. The molecule has 0 saturated carbocycles. The Morgan fingerprint density at radius 2 is 1.86 bits per heavy atom. The van der Waals surface area contributed by atoms with Crippen LogP contribution in [0.3, 0.4) is 0 Å². The van der Waals surface area contributed by atoms with Gasteiger partial charge in [0.25, 0.3) is 0 Å². The van der Waals surface area contributed by atoms with Crippen LogP contribution in [0.2, 0.25) is 0 Å². The molecule has 0 fully saturated rings. The van der Waals surface area contributed by atoms with E-state index in [4.69, 9.17) is 0 Å². The monoisotopic (exact) mass is 184 g/mol. The minimum Gasteiger partial charge on any atom is -0.103 e. The zero-order valence-electron chi connectivity index (χ0n) is 8.45. The van der Waals surface area contributed by atoms with Crippen LogP contribution in [-0.2, 0) is 0 Å². The summed E-state index contributed by atoms with van der Waals surface area (Å²) in [5.74, 6) is 0.301. The van der Waals surface area contributed by atoms with Crippen LogP contribution >= 0.6 is 0 Å². The van der Waals surface area contributed by atoms with Gasteiger partial charge in [0.1, 0.15) is 0 Å². The van der Waals surface area contributed by atoms with Crippen LogP contribution in [0.1, 0.15) is 12.0 Å². The van der Waals surface area contributed by atoms with Gasteiger partial charge in [-0.15, -0.1) is 13.2 Å². The van der Waals surface area contributed by atoms with Gasteiger partial charge in [0, 0.05) is 5.92 Å². The van der Waals surface area contributed by atoms with Gasteiger partial charge in [-0.05, 0) is 17.6 Å². The Kier molecular flexibility index (Phi) is 3.93. The lowest BCUT2D eigenvalue weighted by atomic mass is 9.91. The highest BCUT2D eigenvalue weighted by Crippen LogP contribution is 2.25. The number of hydrogen-bond donors (Lipinski definition) is 0. The summed E-state index contributed by atoms with van der Waals surface area (Å²) in [4.78, 5) is 0. The number of hydrogen-bond acceptors (Lipinski definition) is 0. The van der Waals surface area contributed by atoms with E-state index in [1.165, 1.54) is 5.56 Å². The molecule has 14 heavy (non-hydrogen) atoms. The zero-order chi connectivity index (χ0) is 10.4. The summed E-state index contributed by atoms with van der Waals surface area (Å²) >= 11 is 0. The Labute approximate surface area is 86.3 Å². The Balaban J connectivity index is 2.83. The molecule has 0 nitrogen and oxygen atoms in total. The van der Waals surface area contributed by atoms with Gasteiger partial charge in [-0.1, -0.05) is 49.1 Å². The van der Waals surface area contributed by atoms with Crippen molar-refractivity contribution in [2.24, 2.45) is 5.92 Å². The van der Waals surface area contributed by atoms with Gasteiger partial charge < -0.3 is 0 Å². The fraction of sp³-hybridized carbons (Fsp3) is 0.143. The van der Waals surface area contributed by atoms with Crippen molar-refractivity contribution in [1.82, 2.24) is 0 Å². The molecule has 1 unspecified atom stereocenters. The van der Waals surface area contributed by atoms with Crippen molar-refractivity contribution in [3.8, 4) is 0 Å². The molecule has 0 saturated heterocycles. The predicted molar refractivity (Wildman–Crippen MR) is 64.0 cm³/mol. The van der Waals surface area contributed by atoms with Crippen LogP contribution in [0.25, 0.3) is 5.57 Å². The maximum absolute atomic E-state index is 4.10. The molecule has 0 aromatic heterocycles. The van der Waals surface area contributed by atoms with E-state index in [9.17, 15) is 0 Å². The third-order valence-corrected chi connectivity index (χ3v) is 2.30. The summed E-state index contributed by atoms with van der Waals surface area (Å²) in [6.07, 6.45) is 4.73. The van der Waals surface area contributed by atoms with E-state index in [0.717, 1.165) is 12.0 Å². The van der Waals surface area contributed by atoms with Crippen LogP contribution in [0.4, 0.5) is 0 Å². The van der Waals surface area contributed by atoms with Crippen molar-refractivity contribution in [3.05, 3.63) is 67.8 Å². The highest BCUT2D eigenvalue weighted by atomic mass is 14.1. The van der Waals surface area contributed by atoms with E-state index in [1.54, 1.807) is 0 Å². The van der Waals surface area contributed by atoms with E-state index in [0.29, 0.717) is 5.92 Å². The first-order valence-electron chi connectivity index (χ1n) is 4.77. The molecule has 72 valence electrons. The van der Waals surface area contributed by atoms with Gasteiger partial charge in [-0.3, -0.25) is 0 Å². The molecule has 0 heteroatoms. The second kappa shape index (κ2) is 5.23. The second-order valence-electron chi connectivity index (χ2n) is 3.26. The lowest BCUT2D eigenvalue weighted by molar-refractivity contribution is 0.860. The van der Waals surface area contributed by atoms with Crippen LogP contribution in [0.5, 0.6) is 0 Å². The largest absolute Gasteiger partial charge is 0.103 e. The van der Waals surface area contributed by atoms with E-state index < -0.39 is 0 Å². The molecular formula is C14H16. The van der Waals surface area contributed by atoms with Gasteiger partial charge in [-0.2, -0.15) is 0 Å². The molecule has 0 bridgehead atoms. The van der Waals surface area contributed by atoms with Crippen LogP contribution < -0.4 is 0 Å². The highest BCUT2D eigenvalue weighted by molar-refractivity contribution is 5.66. The van der Waals surface area contributed by atoms with Crippen molar-refractivity contribution < 1.29 is 0 Å². The fourth-order valence-electron chi connectivity index (χ4n) is 1.43. The molecule has 0 aliphatic carbocycles. The van der Waals surface area contributed by atoms with E-state index in [2.05, 4.69) is 31.9 Å². The van der Waals surface area contributed by atoms with E-state index >= 15 is 0 Å². The number of allylic oxidation sites excluding steroid dienone is 3. The van der Waals surface area contributed by atoms with Crippen molar-refractivity contribution in [2.45, 2.75) is 6.42 Å². The Morgan fingerprint density at radius 1 is 1.21 bits per heavy atom. The SMILES string of the molecule is C=CCC(C=C)C(=C)c1ccccc1. The van der Waals surface area contributed by atoms with Crippen molar-refractivity contribution in [3.63, 3.8) is 0 Å². The van der Waals surface area contributed by atoms with Crippen LogP contribution in [0.15, 0.2) is 62.2 Å². The molecule has 0 aliphatic heterocycles. The molecule has 1 aromatic carbocycles. The standard InChI is InChI=1S/C14H16/c1-4-9-13(5-2)12(3)14-10-7-6-8-11-14/h4-8,10-11,13H,1-3,9H2. The molecule has 1 aromatic rings. The Hall–Kier alpha value is -1.56. The maximum atomic E-state index is 4.10. The minimum absolute atomic E-state index is 0.301. The molecule has 0 N–H and O–H groups in total. The summed E-state index contributed by atoms with van der Waals surface area (Å²) in [5.41, 5.74) is 2.29. The molecule has 1 rings (SSSR count). The minimum atomic E-state index is 0.301. The lowest BCUT2D eigenvalue weighted by Crippen LogP contribution is -1.97. The van der Waals surface area contributed by atoms with E-state index in [-0.39, 0.29) is 0 Å². The summed E-state index contributed by atoms with van der Waals surface area (Å²) in [6.45, 7) is 11.6. The van der Waals surface area contributed by atoms with Gasteiger partial charge in [-0.25, -0.2) is 0 Å². The third kappa shape index (κ3) is 2.46. The summed E-state index contributed by atoms with van der Waals surface area (Å²) in [6, 6.07) is 10.2. The fourth-order valence-corrected chi connectivity index (χ4v) is 1.43. The second-order valence-corrected chi connectivity index (χ2v) is 3.26. The van der Waals surface area contributed by atoms with Crippen molar-refractivity contribution in [2.75, 3.05) is 0 Å². The molecule has 1 atom stereocenters. The number of rotatable bonds is 5. The van der Waals surface area contributed by atoms with Gasteiger partial charge in [0.15, 0.2) is 0 Å². The van der Waals surface area contributed by atoms with Crippen LogP contribution in [-0.4, -0.2) is 0 Å². The first-order chi connectivity index (χ1) is 6.79. The predicted octanol–water partition coefficient (Wildman–Crippen LogP) is 4.08. The Bertz CT molecular complexity index is 319. The van der Waals surface area contributed by atoms with Gasteiger partial charge in [0.05, 0.1) is 0 Å². The molecule has 0 amide bonds. The van der Waals surface area contributed by atoms with E-state index in [1.807, 2.05) is 30.4 Å². The third-order valence-electron chi connectivity index (χ3n) is 2.30. The highest BCUT2D eigenvalue weighted by Gasteiger charge is 2.07. The van der Waals surface area contributed by atoms with Crippen LogP contribution in [0, 0.1) is 5.92 Å². The maximum Gasteiger partial charge on any atom is 0.00497 e. The first-order valence-corrected chi connectivity index (χ1v) is 4.77. The molecule has 0 spiro atoms. The quantitative estimate of drug-likeness (QED) is 0.605. The summed E-state index contributed by atoms with van der Waals surface area (Å²) in [7, 11) is 0. The normalized spacial score (nSPS) is 11.7. The number of benzene rings is 1. The average Bonchev–Trinajstić information content (AvgIpc) is 2.26. The summed E-state index contributed by atoms with van der Waals surface area (Å²) < 4.78 is 0. The average molecular weight is 184 g/mol. The molecule has 0 heterocycles. The zero-order valence-corrected chi connectivity index (χ0v) is 8.45. The summed E-state index contributed by atoms with van der Waals surface area (Å²) in [5, 5.41) is 0. The van der Waals surface area contributed by atoms with Gasteiger partial charge in [0.2, 0.25) is 0 Å².